The van der Waals surface area contributed by atoms with Crippen LogP contribution in [0.5, 0.6) is 0 Å². The molecule has 3 rings (SSSR count). The van der Waals surface area contributed by atoms with Crippen LogP contribution in [0.15, 0.2) is 52.5 Å². The fourth-order valence-electron chi connectivity index (χ4n) is 2.64. The maximum atomic E-state index is 11.6. The van der Waals surface area contributed by atoms with Gasteiger partial charge in [0, 0.05) is 12.3 Å². The van der Waals surface area contributed by atoms with Gasteiger partial charge in [-0.15, -0.1) is 0 Å². The van der Waals surface area contributed by atoms with Crippen molar-refractivity contribution in [2.24, 2.45) is 5.14 Å². The van der Waals surface area contributed by atoms with E-state index in [9.17, 15) is 8.42 Å². The Morgan fingerprint density at radius 1 is 1.23 bits per heavy atom. The number of imidazole rings is 1. The molecular weight excluding hydrogens is 368 g/mol. The van der Waals surface area contributed by atoms with E-state index >= 15 is 0 Å². The second-order valence-corrected chi connectivity index (χ2v) is 8.34. The van der Waals surface area contributed by atoms with Gasteiger partial charge in [-0.05, 0) is 42.3 Å². The highest BCUT2D eigenvalue weighted by Crippen LogP contribution is 2.28. The number of nitriles is 1. The van der Waals surface area contributed by atoms with Crippen LogP contribution < -0.4 is 5.14 Å². The highest BCUT2D eigenvalue weighted by molar-refractivity contribution is 7.98. The number of rotatable bonds is 6. The number of aryl methyl sites for hydroxylation is 1. The minimum Gasteiger partial charge on any atom is -0.319 e. The SMILES string of the molecule is CCCn1c(SCc2ccc(C#N)cc2)nc2cc(S(N)(=O)=O)ccc21. The number of hydrogen-bond acceptors (Lipinski definition) is 5. The van der Waals surface area contributed by atoms with Gasteiger partial charge in [0.25, 0.3) is 0 Å². The zero-order valence-electron chi connectivity index (χ0n) is 14.2. The fourth-order valence-corrected chi connectivity index (χ4v) is 4.17. The van der Waals surface area contributed by atoms with E-state index in [2.05, 4.69) is 22.5 Å². The van der Waals surface area contributed by atoms with Crippen LogP contribution in [0.1, 0.15) is 24.5 Å². The Hall–Kier alpha value is -2.34. The van der Waals surface area contributed by atoms with Crippen LogP contribution in [0.3, 0.4) is 0 Å². The summed E-state index contributed by atoms with van der Waals surface area (Å²) in [7, 11) is -3.75. The summed E-state index contributed by atoms with van der Waals surface area (Å²) in [5.74, 6) is 0.709. The zero-order valence-corrected chi connectivity index (χ0v) is 15.8. The summed E-state index contributed by atoms with van der Waals surface area (Å²) in [5.41, 5.74) is 3.23. The van der Waals surface area contributed by atoms with E-state index in [1.165, 1.54) is 12.1 Å². The highest BCUT2D eigenvalue weighted by atomic mass is 32.2. The summed E-state index contributed by atoms with van der Waals surface area (Å²) in [6.07, 6.45) is 0.937. The number of hydrogen-bond donors (Lipinski definition) is 1. The highest BCUT2D eigenvalue weighted by Gasteiger charge is 2.15. The number of nitrogens with two attached hydrogens (primary N) is 1. The molecule has 6 nitrogen and oxygen atoms in total. The topological polar surface area (TPSA) is 102 Å². The third kappa shape index (κ3) is 3.90. The largest absolute Gasteiger partial charge is 0.319 e. The van der Waals surface area contributed by atoms with Crippen molar-refractivity contribution >= 4 is 32.8 Å². The number of nitrogens with zero attached hydrogens (tertiary/aromatic N) is 3. The average molecular weight is 387 g/mol. The van der Waals surface area contributed by atoms with Gasteiger partial charge in [0.1, 0.15) is 0 Å². The molecule has 26 heavy (non-hydrogen) atoms. The summed E-state index contributed by atoms with van der Waals surface area (Å²) in [5, 5.41) is 14.9. The predicted molar refractivity (Wildman–Crippen MR) is 102 cm³/mol. The first-order valence-corrected chi connectivity index (χ1v) is 10.6. The molecule has 0 radical (unpaired) electrons. The van der Waals surface area contributed by atoms with Gasteiger partial charge in [-0.2, -0.15) is 5.26 Å². The van der Waals surface area contributed by atoms with Crippen molar-refractivity contribution in [2.75, 3.05) is 0 Å². The average Bonchev–Trinajstić information content (AvgIpc) is 2.97. The smallest absolute Gasteiger partial charge is 0.238 e. The number of sulfonamides is 1. The van der Waals surface area contributed by atoms with Gasteiger partial charge in [-0.3, -0.25) is 0 Å². The molecule has 0 saturated heterocycles. The molecule has 0 bridgehead atoms. The molecule has 0 amide bonds. The summed E-state index contributed by atoms with van der Waals surface area (Å²) >= 11 is 1.58. The Balaban J connectivity index is 1.93. The van der Waals surface area contributed by atoms with Gasteiger partial charge < -0.3 is 4.57 Å². The van der Waals surface area contributed by atoms with Crippen molar-refractivity contribution < 1.29 is 8.42 Å². The number of fused-ring (bicyclic) bond motifs is 1. The van der Waals surface area contributed by atoms with Crippen LogP contribution in [0.2, 0.25) is 0 Å². The Labute approximate surface area is 156 Å². The molecule has 134 valence electrons. The first-order chi connectivity index (χ1) is 12.4. The van der Waals surface area contributed by atoms with Crippen LogP contribution in [-0.2, 0) is 22.3 Å². The number of thioether (sulfide) groups is 1. The quantitative estimate of drug-likeness (QED) is 0.655. The molecule has 1 heterocycles. The Morgan fingerprint density at radius 3 is 2.58 bits per heavy atom. The summed E-state index contributed by atoms with van der Waals surface area (Å²) < 4.78 is 25.2. The summed E-state index contributed by atoms with van der Waals surface area (Å²) in [6.45, 7) is 2.88. The predicted octanol–water partition coefficient (Wildman–Crippen LogP) is 3.26. The van der Waals surface area contributed by atoms with E-state index in [0.29, 0.717) is 16.8 Å². The maximum Gasteiger partial charge on any atom is 0.238 e. The molecule has 3 aromatic rings. The molecule has 1 aromatic heterocycles. The van der Waals surface area contributed by atoms with Crippen LogP contribution >= 0.6 is 11.8 Å². The molecule has 0 spiro atoms. The molecule has 0 aliphatic carbocycles. The second-order valence-electron chi connectivity index (χ2n) is 5.84. The molecule has 0 saturated carbocycles. The first-order valence-electron chi connectivity index (χ1n) is 8.07. The van der Waals surface area contributed by atoms with Gasteiger partial charge >= 0.3 is 0 Å². The molecule has 2 N–H and O–H groups in total. The van der Waals surface area contributed by atoms with Crippen LogP contribution in [0, 0.1) is 11.3 Å². The Kier molecular flexibility index (Phi) is 5.32. The standard InChI is InChI=1S/C18H18N4O2S2/c1-2-9-22-17-8-7-15(26(20,23)24)10-16(17)21-18(22)25-12-14-5-3-13(11-19)4-6-14/h3-8,10H,2,9,12H2,1H3,(H2,20,23,24). The lowest BCUT2D eigenvalue weighted by atomic mass is 10.2. The normalized spacial score (nSPS) is 11.6. The van der Waals surface area contributed by atoms with Gasteiger partial charge in [-0.1, -0.05) is 30.8 Å². The molecule has 0 atom stereocenters. The second kappa shape index (κ2) is 7.50. The van der Waals surface area contributed by atoms with Crippen molar-refractivity contribution in [3.8, 4) is 6.07 Å². The van der Waals surface area contributed by atoms with Crippen molar-refractivity contribution in [1.29, 1.82) is 5.26 Å². The minimum absolute atomic E-state index is 0.0646. The maximum absolute atomic E-state index is 11.6. The summed E-state index contributed by atoms with van der Waals surface area (Å²) in [6, 6.07) is 14.3. The fraction of sp³-hybridized carbons (Fsp3) is 0.222. The Morgan fingerprint density at radius 2 is 1.96 bits per heavy atom. The minimum atomic E-state index is -3.75. The molecule has 0 unspecified atom stereocenters. The number of aromatic nitrogens is 2. The van der Waals surface area contributed by atoms with Crippen molar-refractivity contribution in [3.05, 3.63) is 53.6 Å². The van der Waals surface area contributed by atoms with Gasteiger partial charge in [0.2, 0.25) is 10.0 Å². The number of primary sulfonamides is 1. The third-order valence-electron chi connectivity index (χ3n) is 3.91. The lowest BCUT2D eigenvalue weighted by Gasteiger charge is -2.07. The molecule has 0 aliphatic heterocycles. The van der Waals surface area contributed by atoms with E-state index in [4.69, 9.17) is 10.4 Å². The zero-order chi connectivity index (χ0) is 18.7. The molecule has 0 aliphatic rings. The monoisotopic (exact) mass is 386 g/mol. The Bertz CT molecular complexity index is 1080. The van der Waals surface area contributed by atoms with Crippen molar-refractivity contribution in [3.63, 3.8) is 0 Å². The van der Waals surface area contributed by atoms with E-state index in [1.807, 2.05) is 12.1 Å². The van der Waals surface area contributed by atoms with Gasteiger partial charge in [0.15, 0.2) is 5.16 Å². The van der Waals surface area contributed by atoms with Crippen LogP contribution in [-0.4, -0.2) is 18.0 Å². The molecular formula is C18H18N4O2S2. The van der Waals surface area contributed by atoms with E-state index < -0.39 is 10.0 Å². The van der Waals surface area contributed by atoms with Crippen LogP contribution in [0.4, 0.5) is 0 Å². The van der Waals surface area contributed by atoms with Crippen molar-refractivity contribution in [1.82, 2.24) is 9.55 Å². The molecule has 0 fully saturated rings. The van der Waals surface area contributed by atoms with E-state index in [1.54, 1.807) is 30.0 Å². The lowest BCUT2D eigenvalue weighted by Crippen LogP contribution is -2.11. The third-order valence-corrected chi connectivity index (χ3v) is 5.87. The van der Waals surface area contributed by atoms with E-state index in [-0.39, 0.29) is 4.90 Å². The van der Waals surface area contributed by atoms with Crippen LogP contribution in [0.25, 0.3) is 11.0 Å². The van der Waals surface area contributed by atoms with E-state index in [0.717, 1.165) is 29.2 Å². The molecule has 2 aromatic carbocycles. The van der Waals surface area contributed by atoms with Crippen molar-refractivity contribution in [2.45, 2.75) is 35.7 Å². The first kappa shape index (κ1) is 18.5. The number of benzene rings is 2. The van der Waals surface area contributed by atoms with Gasteiger partial charge in [0.05, 0.1) is 27.6 Å². The lowest BCUT2D eigenvalue weighted by molar-refractivity contribution is 0.598. The van der Waals surface area contributed by atoms with Gasteiger partial charge in [-0.25, -0.2) is 18.5 Å². The molecule has 8 heteroatoms. The summed E-state index contributed by atoms with van der Waals surface area (Å²) in [4.78, 5) is 4.67.